The summed E-state index contributed by atoms with van der Waals surface area (Å²) in [5, 5.41) is 6.31. The van der Waals surface area contributed by atoms with Crippen LogP contribution in [0.25, 0.3) is 0 Å². The van der Waals surface area contributed by atoms with Crippen LogP contribution >= 0.6 is 0 Å². The van der Waals surface area contributed by atoms with E-state index in [1.807, 2.05) is 75.5 Å². The average molecular weight is 326 g/mol. The predicted octanol–water partition coefficient (Wildman–Crippen LogP) is 3.30. The van der Waals surface area contributed by atoms with Gasteiger partial charge in [-0.3, -0.25) is 4.79 Å². The fraction of sp³-hybridized carbons (Fsp3) is 0.350. The Balaban J connectivity index is 2.14. The van der Waals surface area contributed by atoms with E-state index in [4.69, 9.17) is 4.74 Å². The highest BCUT2D eigenvalue weighted by Gasteiger charge is 2.37. The van der Waals surface area contributed by atoms with Crippen molar-refractivity contribution in [1.29, 1.82) is 0 Å². The maximum atomic E-state index is 12.8. The van der Waals surface area contributed by atoms with Crippen molar-refractivity contribution < 1.29 is 9.53 Å². The van der Waals surface area contributed by atoms with Gasteiger partial charge in [-0.1, -0.05) is 42.5 Å². The van der Waals surface area contributed by atoms with Gasteiger partial charge in [-0.15, -0.1) is 0 Å². The predicted molar refractivity (Wildman–Crippen MR) is 96.9 cm³/mol. The molecular formula is C20H26N2O2. The van der Waals surface area contributed by atoms with E-state index in [-0.39, 0.29) is 11.9 Å². The number of methoxy groups -OCH3 is 1. The first-order valence-electron chi connectivity index (χ1n) is 8.12. The van der Waals surface area contributed by atoms with Gasteiger partial charge >= 0.3 is 0 Å². The summed E-state index contributed by atoms with van der Waals surface area (Å²) in [4.78, 5) is 12.8. The monoisotopic (exact) mass is 326 g/mol. The summed E-state index contributed by atoms with van der Waals surface area (Å²) in [6.07, 6.45) is 0. The first kappa shape index (κ1) is 18.0. The molecule has 0 radical (unpaired) electrons. The summed E-state index contributed by atoms with van der Waals surface area (Å²) < 4.78 is 5.30. The molecule has 4 heteroatoms. The first-order valence-corrected chi connectivity index (χ1v) is 8.12. The summed E-state index contributed by atoms with van der Waals surface area (Å²) in [6.45, 7) is 4.43. The van der Waals surface area contributed by atoms with E-state index in [0.29, 0.717) is 6.54 Å². The Morgan fingerprint density at radius 3 is 2.46 bits per heavy atom. The standard InChI is InChI=1S/C20H26N2O2/c1-20(2,19(23)22-14-15-9-6-5-7-10-15)18(21-3)16-11-8-12-17(13-16)24-4/h5-13,18,21H,14H2,1-4H3,(H,22,23). The maximum absolute atomic E-state index is 12.8. The molecule has 1 unspecified atom stereocenters. The van der Waals surface area contributed by atoms with Gasteiger partial charge in [0.2, 0.25) is 5.91 Å². The number of carbonyl (C=O) groups excluding carboxylic acids is 1. The van der Waals surface area contributed by atoms with E-state index in [2.05, 4.69) is 10.6 Å². The molecule has 0 fully saturated rings. The first-order chi connectivity index (χ1) is 11.5. The molecule has 2 aromatic carbocycles. The zero-order valence-electron chi connectivity index (χ0n) is 14.8. The van der Waals surface area contributed by atoms with Crippen molar-refractivity contribution in [3.63, 3.8) is 0 Å². The zero-order valence-corrected chi connectivity index (χ0v) is 14.8. The Kier molecular flexibility index (Phi) is 5.99. The second kappa shape index (κ2) is 7.97. The molecule has 0 bridgehead atoms. The highest BCUT2D eigenvalue weighted by Crippen LogP contribution is 2.34. The highest BCUT2D eigenvalue weighted by molar-refractivity contribution is 5.83. The third-order valence-electron chi connectivity index (χ3n) is 4.32. The van der Waals surface area contributed by atoms with Crippen LogP contribution in [0.5, 0.6) is 5.75 Å². The molecule has 2 N–H and O–H groups in total. The minimum atomic E-state index is -0.615. The molecule has 0 heterocycles. The lowest BCUT2D eigenvalue weighted by molar-refractivity contribution is -0.131. The molecule has 0 spiro atoms. The number of hydrogen-bond acceptors (Lipinski definition) is 3. The van der Waals surface area contributed by atoms with Crippen LogP contribution in [0.15, 0.2) is 54.6 Å². The van der Waals surface area contributed by atoms with Gasteiger partial charge in [0.1, 0.15) is 5.75 Å². The quantitative estimate of drug-likeness (QED) is 0.821. The maximum Gasteiger partial charge on any atom is 0.227 e. The molecule has 1 atom stereocenters. The molecule has 1 amide bonds. The number of ether oxygens (including phenoxy) is 1. The zero-order chi connectivity index (χ0) is 17.6. The second-order valence-electron chi connectivity index (χ2n) is 6.39. The van der Waals surface area contributed by atoms with Gasteiger partial charge in [-0.2, -0.15) is 0 Å². The van der Waals surface area contributed by atoms with E-state index < -0.39 is 5.41 Å². The van der Waals surface area contributed by atoms with Gasteiger partial charge in [0, 0.05) is 12.6 Å². The Bertz CT molecular complexity index is 668. The normalized spacial score (nSPS) is 12.5. The number of rotatable bonds is 7. The van der Waals surface area contributed by atoms with Crippen LogP contribution in [-0.2, 0) is 11.3 Å². The summed E-state index contributed by atoms with van der Waals surface area (Å²) in [5.74, 6) is 0.793. The second-order valence-corrected chi connectivity index (χ2v) is 6.39. The summed E-state index contributed by atoms with van der Waals surface area (Å²) >= 11 is 0. The van der Waals surface area contributed by atoms with Gasteiger partial charge in [-0.25, -0.2) is 0 Å². The third-order valence-corrected chi connectivity index (χ3v) is 4.32. The molecule has 24 heavy (non-hydrogen) atoms. The number of carbonyl (C=O) groups is 1. The molecule has 128 valence electrons. The lowest BCUT2D eigenvalue weighted by Gasteiger charge is -2.33. The number of nitrogens with one attached hydrogen (secondary N) is 2. The smallest absolute Gasteiger partial charge is 0.227 e. The van der Waals surface area contributed by atoms with E-state index in [9.17, 15) is 4.79 Å². The van der Waals surface area contributed by atoms with E-state index in [1.165, 1.54) is 0 Å². The number of benzene rings is 2. The van der Waals surface area contributed by atoms with Gasteiger partial charge < -0.3 is 15.4 Å². The van der Waals surface area contributed by atoms with Crippen molar-refractivity contribution in [2.24, 2.45) is 5.41 Å². The summed E-state index contributed by atoms with van der Waals surface area (Å²) in [6, 6.07) is 17.6. The Labute approximate surface area is 144 Å². The Morgan fingerprint density at radius 2 is 1.83 bits per heavy atom. The third kappa shape index (κ3) is 4.15. The van der Waals surface area contributed by atoms with Crippen LogP contribution in [0, 0.1) is 5.41 Å². The largest absolute Gasteiger partial charge is 0.497 e. The molecule has 4 nitrogen and oxygen atoms in total. The SMILES string of the molecule is CNC(c1cccc(OC)c1)C(C)(C)C(=O)NCc1ccccc1. The van der Waals surface area contributed by atoms with Crippen molar-refractivity contribution in [1.82, 2.24) is 10.6 Å². The van der Waals surface area contributed by atoms with Crippen molar-refractivity contribution in [2.75, 3.05) is 14.2 Å². The van der Waals surface area contributed by atoms with E-state index >= 15 is 0 Å². The van der Waals surface area contributed by atoms with Crippen LogP contribution in [0.3, 0.4) is 0 Å². The molecule has 2 aromatic rings. The average Bonchev–Trinajstić information content (AvgIpc) is 2.61. The van der Waals surface area contributed by atoms with Crippen LogP contribution < -0.4 is 15.4 Å². The van der Waals surface area contributed by atoms with Gasteiger partial charge in [-0.05, 0) is 44.2 Å². The Hall–Kier alpha value is -2.33. The van der Waals surface area contributed by atoms with Gasteiger partial charge in [0.15, 0.2) is 0 Å². The minimum Gasteiger partial charge on any atom is -0.497 e. The topological polar surface area (TPSA) is 50.4 Å². The summed E-state index contributed by atoms with van der Waals surface area (Å²) in [7, 11) is 3.52. The van der Waals surface area contributed by atoms with Crippen LogP contribution in [0.2, 0.25) is 0 Å². The molecule has 0 aliphatic carbocycles. The summed E-state index contributed by atoms with van der Waals surface area (Å²) in [5.41, 5.74) is 1.50. The van der Waals surface area contributed by atoms with Gasteiger partial charge in [0.25, 0.3) is 0 Å². The lowest BCUT2D eigenvalue weighted by atomic mass is 9.79. The van der Waals surface area contributed by atoms with Crippen molar-refractivity contribution in [2.45, 2.75) is 26.4 Å². The number of hydrogen-bond donors (Lipinski definition) is 2. The lowest BCUT2D eigenvalue weighted by Crippen LogP contribution is -2.44. The van der Waals surface area contributed by atoms with Crippen molar-refractivity contribution in [3.05, 3.63) is 65.7 Å². The fourth-order valence-electron chi connectivity index (χ4n) is 2.90. The molecular weight excluding hydrogens is 300 g/mol. The molecule has 0 saturated carbocycles. The molecule has 0 aliphatic rings. The minimum absolute atomic E-state index is 0.00789. The molecule has 0 saturated heterocycles. The fourth-order valence-corrected chi connectivity index (χ4v) is 2.90. The van der Waals surface area contributed by atoms with Crippen molar-refractivity contribution in [3.8, 4) is 5.75 Å². The van der Waals surface area contributed by atoms with Crippen LogP contribution in [0.1, 0.15) is 31.0 Å². The molecule has 2 rings (SSSR count). The van der Waals surface area contributed by atoms with Gasteiger partial charge in [0.05, 0.1) is 12.5 Å². The molecule has 0 aromatic heterocycles. The Morgan fingerprint density at radius 1 is 1.12 bits per heavy atom. The van der Waals surface area contributed by atoms with E-state index in [1.54, 1.807) is 7.11 Å². The highest BCUT2D eigenvalue weighted by atomic mass is 16.5. The number of amides is 1. The molecule has 0 aliphatic heterocycles. The van der Waals surface area contributed by atoms with Crippen LogP contribution in [-0.4, -0.2) is 20.1 Å². The van der Waals surface area contributed by atoms with E-state index in [0.717, 1.165) is 16.9 Å². The van der Waals surface area contributed by atoms with Crippen molar-refractivity contribution >= 4 is 5.91 Å². The van der Waals surface area contributed by atoms with Crippen LogP contribution in [0.4, 0.5) is 0 Å².